The highest BCUT2D eigenvalue weighted by Crippen LogP contribution is 2.32. The molecular weight excluding hydrogens is 419 g/mol. The van der Waals surface area contributed by atoms with E-state index in [1.165, 1.54) is 28.5 Å². The van der Waals surface area contributed by atoms with Crippen molar-refractivity contribution in [3.8, 4) is 17.0 Å². The molecule has 0 fully saturated rings. The van der Waals surface area contributed by atoms with Crippen LogP contribution in [0.5, 0.6) is 5.75 Å². The number of hydrogen-bond donors (Lipinski definition) is 1. The van der Waals surface area contributed by atoms with Gasteiger partial charge in [-0.3, -0.25) is 14.9 Å². The van der Waals surface area contributed by atoms with Gasteiger partial charge < -0.3 is 4.74 Å². The molecule has 7 nitrogen and oxygen atoms in total. The monoisotopic (exact) mass is 438 g/mol. The van der Waals surface area contributed by atoms with Gasteiger partial charge in [0.2, 0.25) is 5.91 Å². The molecule has 31 heavy (non-hydrogen) atoms. The molecule has 0 spiro atoms. The minimum atomic E-state index is -0.405. The van der Waals surface area contributed by atoms with E-state index in [9.17, 15) is 14.0 Å². The number of halogens is 1. The van der Waals surface area contributed by atoms with Gasteiger partial charge in [-0.2, -0.15) is 5.10 Å². The van der Waals surface area contributed by atoms with Crippen molar-refractivity contribution in [3.05, 3.63) is 65.3 Å². The van der Waals surface area contributed by atoms with Crippen LogP contribution < -0.4 is 10.1 Å². The van der Waals surface area contributed by atoms with Crippen molar-refractivity contribution >= 4 is 34.0 Å². The average Bonchev–Trinajstić information content (AvgIpc) is 3.25. The minimum absolute atomic E-state index is 0.172. The second-order valence-corrected chi connectivity index (χ2v) is 7.67. The fraction of sp³-hybridized carbons (Fsp3) is 0.182. The smallest absolute Gasteiger partial charge is 0.273 e. The van der Waals surface area contributed by atoms with Gasteiger partial charge in [0.1, 0.15) is 17.3 Å². The molecular formula is C22H19FN4O3S. The third-order valence-corrected chi connectivity index (χ3v) is 5.48. The molecule has 0 bridgehead atoms. The first-order valence-corrected chi connectivity index (χ1v) is 10.4. The molecule has 2 amide bonds. The number of hydrogen-bond acceptors (Lipinski definition) is 6. The summed E-state index contributed by atoms with van der Waals surface area (Å²) in [5.41, 5.74) is 2.49. The summed E-state index contributed by atoms with van der Waals surface area (Å²) < 4.78 is 18.5. The normalized spacial score (nSPS) is 13.7. The SMILES string of the molecule is COc1ccccc1-c1csc(NC(=O)C2=NN(Cc3ccc(F)cc3)C(=O)CC2)n1. The summed E-state index contributed by atoms with van der Waals surface area (Å²) >= 11 is 1.29. The van der Waals surface area contributed by atoms with Crippen LogP contribution in [0.2, 0.25) is 0 Å². The van der Waals surface area contributed by atoms with Crippen LogP contribution in [0.3, 0.4) is 0 Å². The first-order chi connectivity index (χ1) is 15.0. The lowest BCUT2D eigenvalue weighted by molar-refractivity contribution is -0.132. The Hall–Kier alpha value is -3.59. The van der Waals surface area contributed by atoms with Crippen molar-refractivity contribution in [1.29, 1.82) is 0 Å². The number of amides is 2. The number of ether oxygens (including phenoxy) is 1. The molecule has 9 heteroatoms. The van der Waals surface area contributed by atoms with E-state index in [0.29, 0.717) is 16.6 Å². The molecule has 2 heterocycles. The predicted molar refractivity (Wildman–Crippen MR) is 116 cm³/mol. The summed E-state index contributed by atoms with van der Waals surface area (Å²) in [6.07, 6.45) is 0.424. The molecule has 0 atom stereocenters. The average molecular weight is 438 g/mol. The Bertz CT molecular complexity index is 1140. The van der Waals surface area contributed by atoms with Crippen LogP contribution in [-0.4, -0.2) is 34.6 Å². The third kappa shape index (κ3) is 4.77. The number of methoxy groups -OCH3 is 1. The van der Waals surface area contributed by atoms with Gasteiger partial charge in [0.15, 0.2) is 5.13 Å². The van der Waals surface area contributed by atoms with Crippen LogP contribution in [0, 0.1) is 5.82 Å². The molecule has 2 aromatic carbocycles. The zero-order valence-corrected chi connectivity index (χ0v) is 17.5. The first kappa shape index (κ1) is 20.7. The Morgan fingerprint density at radius 2 is 1.97 bits per heavy atom. The number of anilines is 1. The van der Waals surface area contributed by atoms with Crippen molar-refractivity contribution in [2.75, 3.05) is 12.4 Å². The summed E-state index contributed by atoms with van der Waals surface area (Å²) in [6, 6.07) is 13.3. The number of nitrogens with one attached hydrogen (secondary N) is 1. The second-order valence-electron chi connectivity index (χ2n) is 6.82. The van der Waals surface area contributed by atoms with Crippen molar-refractivity contribution in [2.24, 2.45) is 5.10 Å². The van der Waals surface area contributed by atoms with Gasteiger partial charge in [-0.05, 0) is 29.8 Å². The van der Waals surface area contributed by atoms with Crippen molar-refractivity contribution in [3.63, 3.8) is 0 Å². The molecule has 1 aliphatic heterocycles. The van der Waals surface area contributed by atoms with E-state index < -0.39 is 5.91 Å². The molecule has 158 valence electrons. The zero-order chi connectivity index (χ0) is 21.8. The van der Waals surface area contributed by atoms with Crippen LogP contribution in [0.4, 0.5) is 9.52 Å². The van der Waals surface area contributed by atoms with Crippen molar-refractivity contribution in [1.82, 2.24) is 9.99 Å². The number of rotatable bonds is 6. The molecule has 4 rings (SSSR count). The lowest BCUT2D eigenvalue weighted by atomic mass is 10.1. The standard InChI is InChI=1S/C22H19FN4O3S/c1-30-19-5-3-2-4-16(19)18-13-31-22(24-18)25-21(29)17-10-11-20(28)27(26-17)12-14-6-8-15(23)9-7-14/h2-9,13H,10-12H2,1H3,(H,24,25,29). The topological polar surface area (TPSA) is 83.9 Å². The number of para-hydroxylation sites is 1. The molecule has 1 aromatic heterocycles. The fourth-order valence-corrected chi connectivity index (χ4v) is 3.84. The molecule has 0 saturated heterocycles. The Labute approximate surface area is 182 Å². The van der Waals surface area contributed by atoms with Gasteiger partial charge in [0.25, 0.3) is 5.91 Å². The fourth-order valence-electron chi connectivity index (χ4n) is 3.13. The maximum atomic E-state index is 13.1. The number of aromatic nitrogens is 1. The maximum absolute atomic E-state index is 13.1. The quantitative estimate of drug-likeness (QED) is 0.629. The van der Waals surface area contributed by atoms with Crippen LogP contribution in [-0.2, 0) is 16.1 Å². The summed E-state index contributed by atoms with van der Waals surface area (Å²) in [4.78, 5) is 29.4. The van der Waals surface area contributed by atoms with Gasteiger partial charge in [0, 0.05) is 23.8 Å². The van der Waals surface area contributed by atoms with E-state index in [1.807, 2.05) is 29.6 Å². The number of thiazole rings is 1. The number of benzene rings is 2. The highest BCUT2D eigenvalue weighted by atomic mass is 32.1. The van der Waals surface area contributed by atoms with E-state index in [1.54, 1.807) is 19.2 Å². The third-order valence-electron chi connectivity index (χ3n) is 4.72. The zero-order valence-electron chi connectivity index (χ0n) is 16.7. The van der Waals surface area contributed by atoms with Crippen LogP contribution in [0.25, 0.3) is 11.3 Å². The summed E-state index contributed by atoms with van der Waals surface area (Å²) in [6.45, 7) is 0.172. The molecule has 0 aliphatic carbocycles. The summed E-state index contributed by atoms with van der Waals surface area (Å²) in [7, 11) is 1.59. The van der Waals surface area contributed by atoms with E-state index in [-0.39, 0.29) is 36.8 Å². The molecule has 1 N–H and O–H groups in total. The van der Waals surface area contributed by atoms with Gasteiger partial charge in [-0.1, -0.05) is 24.3 Å². The number of carbonyl (C=O) groups excluding carboxylic acids is 2. The Morgan fingerprint density at radius 1 is 1.19 bits per heavy atom. The van der Waals surface area contributed by atoms with Gasteiger partial charge >= 0.3 is 0 Å². The predicted octanol–water partition coefficient (Wildman–Crippen LogP) is 4.07. The Balaban J connectivity index is 1.47. The van der Waals surface area contributed by atoms with Gasteiger partial charge in [-0.15, -0.1) is 11.3 Å². The Kier molecular flexibility index (Phi) is 6.03. The molecule has 0 unspecified atom stereocenters. The highest BCUT2D eigenvalue weighted by molar-refractivity contribution is 7.14. The number of nitrogens with zero attached hydrogens (tertiary/aromatic N) is 3. The summed E-state index contributed by atoms with van der Waals surface area (Å²) in [5, 5.41) is 10.5. The van der Waals surface area contributed by atoms with Crippen LogP contribution in [0.1, 0.15) is 18.4 Å². The first-order valence-electron chi connectivity index (χ1n) is 9.56. The van der Waals surface area contributed by atoms with Crippen molar-refractivity contribution < 1.29 is 18.7 Å². The Morgan fingerprint density at radius 3 is 2.74 bits per heavy atom. The lowest BCUT2D eigenvalue weighted by Gasteiger charge is -2.23. The number of hydrazone groups is 1. The van der Waals surface area contributed by atoms with E-state index >= 15 is 0 Å². The maximum Gasteiger partial charge on any atom is 0.273 e. The van der Waals surface area contributed by atoms with Crippen LogP contribution >= 0.6 is 11.3 Å². The summed E-state index contributed by atoms with van der Waals surface area (Å²) in [5.74, 6) is -0.253. The minimum Gasteiger partial charge on any atom is -0.496 e. The van der Waals surface area contributed by atoms with Crippen LogP contribution in [0.15, 0.2) is 59.0 Å². The molecule has 3 aromatic rings. The molecule has 0 radical (unpaired) electrons. The van der Waals surface area contributed by atoms with Gasteiger partial charge in [-0.25, -0.2) is 14.4 Å². The van der Waals surface area contributed by atoms with E-state index in [0.717, 1.165) is 11.1 Å². The van der Waals surface area contributed by atoms with Crippen molar-refractivity contribution in [2.45, 2.75) is 19.4 Å². The molecule has 0 saturated carbocycles. The van der Waals surface area contributed by atoms with Gasteiger partial charge in [0.05, 0.1) is 19.3 Å². The van der Waals surface area contributed by atoms with E-state index in [4.69, 9.17) is 4.74 Å². The largest absolute Gasteiger partial charge is 0.496 e. The second kappa shape index (κ2) is 9.05. The lowest BCUT2D eigenvalue weighted by Crippen LogP contribution is -2.36. The van der Waals surface area contributed by atoms with E-state index in [2.05, 4.69) is 15.4 Å². The number of carbonyl (C=O) groups is 2. The highest BCUT2D eigenvalue weighted by Gasteiger charge is 2.25. The molecule has 1 aliphatic rings.